The molecule has 1 unspecified atom stereocenters. The van der Waals surface area contributed by atoms with Crippen molar-refractivity contribution in [2.24, 2.45) is 0 Å². The largest absolute Gasteiger partial charge is 1.00 e. The number of hydrogen-bond donors (Lipinski definition) is 1. The van der Waals surface area contributed by atoms with E-state index in [2.05, 4.69) is 9.47 Å². The Hall–Kier alpha value is 3.09. The fourth-order valence-corrected chi connectivity index (χ4v) is 0.167. The molecule has 0 aliphatic rings. The molecule has 0 spiro atoms. The Morgan fingerprint density at radius 2 is 1.28 bits per heavy atom. The molecule has 0 aliphatic carbocycles. The zero-order chi connectivity index (χ0) is 10.7. The summed E-state index contributed by atoms with van der Waals surface area (Å²) in [6.45, 7) is 3.16. The Balaban J connectivity index is -0.0000000222. The second kappa shape index (κ2) is 32.2. The third kappa shape index (κ3) is 95.5. The quantitative estimate of drug-likeness (QED) is 0.232. The van der Waals surface area contributed by atoms with E-state index in [1.807, 2.05) is 0 Å². The third-order valence-electron chi connectivity index (χ3n) is 0.405. The van der Waals surface area contributed by atoms with E-state index in [9.17, 15) is 19.0 Å². The molecule has 1 radical (unpaired) electrons. The second-order valence-corrected chi connectivity index (χ2v) is 3.27. The molecule has 1 N–H and O–H groups in total. The Labute approximate surface area is 196 Å². The van der Waals surface area contributed by atoms with Gasteiger partial charge in [0, 0.05) is 36.2 Å². The summed E-state index contributed by atoms with van der Waals surface area (Å²) in [6.07, 6.45) is 0. The minimum atomic E-state index is -3.89. The van der Waals surface area contributed by atoms with Crippen LogP contribution in [-0.2, 0) is 23.6 Å². The Morgan fingerprint density at radius 3 is 1.39 bits per heavy atom. The molecule has 12 heteroatoms. The van der Waals surface area contributed by atoms with Crippen LogP contribution in [0, 0.1) is 0 Å². The average molecular weight is 319 g/mol. The van der Waals surface area contributed by atoms with Crippen LogP contribution in [0.15, 0.2) is 0 Å². The smallest absolute Gasteiger partial charge is 0.779 e. The molecule has 1 atom stereocenters. The first-order valence-electron chi connectivity index (χ1n) is 2.91. The van der Waals surface area contributed by atoms with Gasteiger partial charge in [0.05, 0.1) is 13.2 Å². The Bertz CT molecular complexity index is 171. The molecular weight excluding hydrogens is 307 g/mol. The second-order valence-electron chi connectivity index (χ2n) is 1.67. The van der Waals surface area contributed by atoms with E-state index in [4.69, 9.17) is 4.89 Å². The van der Waals surface area contributed by atoms with Gasteiger partial charge in [0.15, 0.2) is 0 Å². The van der Waals surface area contributed by atoms with E-state index in [0.29, 0.717) is 0 Å². The van der Waals surface area contributed by atoms with Gasteiger partial charge >= 0.3 is 88.7 Å². The third-order valence-corrected chi connectivity index (χ3v) is 0.405. The monoisotopic (exact) mass is 319 g/mol. The summed E-state index contributed by atoms with van der Waals surface area (Å²) in [4.78, 5) is 35.3. The Morgan fingerprint density at radius 1 is 1.11 bits per heavy atom. The van der Waals surface area contributed by atoms with Gasteiger partial charge in [-0.05, 0) is 0 Å². The van der Waals surface area contributed by atoms with E-state index in [1.165, 1.54) is 12.9 Å². The zero-order valence-corrected chi connectivity index (χ0v) is 19.7. The van der Waals surface area contributed by atoms with Gasteiger partial charge in [-0.1, -0.05) is 20.4 Å². The molecule has 0 bridgehead atoms. The van der Waals surface area contributed by atoms with Gasteiger partial charge in [-0.25, -0.2) is 0 Å². The molecule has 0 aromatic carbocycles. The minimum Gasteiger partial charge on any atom is -0.779 e. The van der Waals surface area contributed by atoms with Crippen LogP contribution in [0.2, 0.25) is 0 Å². The van der Waals surface area contributed by atoms with Gasteiger partial charge < -0.3 is 33.4 Å². The van der Waals surface area contributed by atoms with Crippen molar-refractivity contribution < 1.29 is 122 Å². The van der Waals surface area contributed by atoms with Crippen molar-refractivity contribution >= 4 is 50.1 Å². The van der Waals surface area contributed by atoms with Crippen LogP contribution in [0.3, 0.4) is 0 Å². The molecule has 7 nitrogen and oxygen atoms in total. The molecule has 0 saturated heterocycles. The van der Waals surface area contributed by atoms with Gasteiger partial charge in [0.1, 0.15) is 7.60 Å². The van der Waals surface area contributed by atoms with Gasteiger partial charge in [-0.15, -0.1) is 0 Å². The summed E-state index contributed by atoms with van der Waals surface area (Å²) in [5.41, 5.74) is 0. The predicted octanol–water partition coefficient (Wildman–Crippen LogP) is -10.4. The average Bonchev–Trinajstić information content (AvgIpc) is 1.95. The maximum Gasteiger partial charge on any atom is 1.00 e. The maximum atomic E-state index is 9.27. The van der Waals surface area contributed by atoms with E-state index >= 15 is 0 Å². The molecule has 0 amide bonds. The van der Waals surface area contributed by atoms with Crippen molar-refractivity contribution in [3.63, 3.8) is 0 Å². The van der Waals surface area contributed by atoms with Crippen LogP contribution in [-0.4, -0.2) is 67.3 Å². The molecule has 0 fully saturated rings. The fraction of sp³-hybridized carbons (Fsp3) is 0.667. The van der Waals surface area contributed by atoms with Crippen LogP contribution in [0.4, 0.5) is 0 Å². The van der Waals surface area contributed by atoms with Gasteiger partial charge in [0.25, 0.3) is 0 Å². The standard InChI is InChI=1S/C4H4O4.CH5O3P.CH4.4Na/c5-3-7-1-2-8-4-6;1-5(2,3)4;;;;;/h1-2H2;1H3,(H2,2,3,4);1H4;;;;/q-2;;;;3*+1/p-1. The van der Waals surface area contributed by atoms with Crippen molar-refractivity contribution in [3.8, 4) is 0 Å². The molecule has 0 rings (SSSR count). The number of carbonyl (C=O) groups excluding carboxylic acids is 2. The molecule has 18 heavy (non-hydrogen) atoms. The van der Waals surface area contributed by atoms with Crippen LogP contribution < -0.4 is 93.6 Å². The molecule has 0 saturated carbocycles. The summed E-state index contributed by atoms with van der Waals surface area (Å²) in [5.74, 6) is 0. The van der Waals surface area contributed by atoms with Gasteiger partial charge in [0.2, 0.25) is 0 Å². The van der Waals surface area contributed by atoms with Crippen LogP contribution in [0.5, 0.6) is 0 Å². The summed E-state index contributed by atoms with van der Waals surface area (Å²) >= 11 is 0. The summed E-state index contributed by atoms with van der Waals surface area (Å²) in [7, 11) is -3.89. The first-order valence-corrected chi connectivity index (χ1v) is 4.93. The van der Waals surface area contributed by atoms with Crippen LogP contribution >= 0.6 is 7.60 Å². The molecule has 0 aromatic rings. The molecule has 0 heterocycles. The molecule has 87 valence electrons. The van der Waals surface area contributed by atoms with Crippen molar-refractivity contribution in [2.75, 3.05) is 19.9 Å². The normalized spacial score (nSPS) is 9.28. The van der Waals surface area contributed by atoms with Gasteiger partial charge in [-0.3, -0.25) is 0 Å². The predicted molar refractivity (Wildman–Crippen MR) is 51.5 cm³/mol. The minimum absolute atomic E-state index is 0. The fourth-order valence-electron chi connectivity index (χ4n) is 0.167. The van der Waals surface area contributed by atoms with Gasteiger partial charge in [-0.2, -0.15) is 0 Å². The van der Waals surface area contributed by atoms with Crippen LogP contribution in [0.25, 0.3) is 0 Å². The number of hydrogen-bond acceptors (Lipinski definition) is 6. The van der Waals surface area contributed by atoms with Crippen molar-refractivity contribution in [2.45, 2.75) is 7.43 Å². The number of rotatable bonds is 5. The first kappa shape index (κ1) is 42.9. The molecule has 0 aromatic heterocycles. The summed E-state index contributed by atoms with van der Waals surface area (Å²) < 4.78 is 17.3. The summed E-state index contributed by atoms with van der Waals surface area (Å²) in [6, 6.07) is 0. The molecular formula is C6H12Na4O7P. The van der Waals surface area contributed by atoms with Crippen molar-refractivity contribution in [1.82, 2.24) is 0 Å². The Kier molecular flexibility index (Phi) is 76.6. The molecule has 0 aliphatic heterocycles. The zero-order valence-electron chi connectivity index (χ0n) is 10.8. The first-order chi connectivity index (χ1) is 5.91. The van der Waals surface area contributed by atoms with Crippen molar-refractivity contribution in [1.29, 1.82) is 0 Å². The van der Waals surface area contributed by atoms with Crippen molar-refractivity contribution in [3.05, 3.63) is 0 Å². The van der Waals surface area contributed by atoms with E-state index < -0.39 is 7.60 Å². The van der Waals surface area contributed by atoms with Crippen LogP contribution in [0.1, 0.15) is 7.43 Å². The van der Waals surface area contributed by atoms with E-state index in [1.54, 1.807) is 0 Å². The van der Waals surface area contributed by atoms with E-state index in [-0.39, 0.29) is 139 Å². The van der Waals surface area contributed by atoms with E-state index in [0.717, 1.165) is 6.66 Å². The number of ether oxygens (including phenoxy) is 2. The summed E-state index contributed by atoms with van der Waals surface area (Å²) in [5, 5.41) is 0. The maximum absolute atomic E-state index is 9.27. The topological polar surface area (TPSA) is 113 Å². The SMILES string of the molecule is C.CP(=O)([O-])O.O=[C-]OCCO[C-]=O.[Na+].[Na+].[Na+].[Na].